The lowest BCUT2D eigenvalue weighted by Gasteiger charge is -2.35. The van der Waals surface area contributed by atoms with Crippen LogP contribution in [0.25, 0.3) is 0 Å². The van der Waals surface area contributed by atoms with Crippen LogP contribution in [0.15, 0.2) is 0 Å². The lowest BCUT2D eigenvalue weighted by molar-refractivity contribution is -0.127. The van der Waals surface area contributed by atoms with E-state index in [9.17, 15) is 13.2 Å². The van der Waals surface area contributed by atoms with E-state index < -0.39 is 21.3 Å². The molecule has 0 amide bonds. The van der Waals surface area contributed by atoms with Crippen LogP contribution in [-0.2, 0) is 14.9 Å². The molecule has 2 aliphatic carbocycles. The van der Waals surface area contributed by atoms with Gasteiger partial charge in [-0.05, 0) is 24.2 Å². The van der Waals surface area contributed by atoms with E-state index >= 15 is 0 Å². The van der Waals surface area contributed by atoms with E-state index in [-0.39, 0.29) is 21.9 Å². The van der Waals surface area contributed by atoms with Gasteiger partial charge in [-0.1, -0.05) is 29.8 Å². The monoisotopic (exact) mass is 310 g/mol. The Morgan fingerprint density at radius 1 is 1.50 bits per heavy atom. The van der Waals surface area contributed by atoms with Crippen LogP contribution in [0.2, 0.25) is 0 Å². The van der Waals surface area contributed by atoms with E-state index in [1.165, 1.54) is 0 Å². The summed E-state index contributed by atoms with van der Waals surface area (Å²) in [5.41, 5.74) is -1.27. The van der Waals surface area contributed by atoms with E-state index in [0.29, 0.717) is 6.42 Å². The number of Topliss-reactive ketones (excluding diaryl/α,β-unsaturated/α-hetero) is 1. The summed E-state index contributed by atoms with van der Waals surface area (Å²) in [4.78, 5) is 11.9. The molecule has 0 saturated heterocycles. The van der Waals surface area contributed by atoms with Gasteiger partial charge in [-0.25, -0.2) is 0 Å². The Hall–Kier alpha value is 0.0600. The quantitative estimate of drug-likeness (QED) is 0.622. The zero-order valence-corrected chi connectivity index (χ0v) is 11.6. The number of hydrogen-bond acceptors (Lipinski definition) is 3. The minimum Gasteiger partial charge on any atom is -0.298 e. The zero-order valence-electron chi connectivity index (χ0n) is 9.23. The van der Waals surface area contributed by atoms with Crippen molar-refractivity contribution in [2.45, 2.75) is 31.5 Å². The maximum Gasteiger partial charge on any atom is 0.265 e. The molecule has 0 heterocycles. The molecule has 0 aliphatic heterocycles. The summed E-state index contributed by atoms with van der Waals surface area (Å²) >= 11 is 3.35. The van der Waals surface area contributed by atoms with Gasteiger partial charge in [0.05, 0.1) is 16.0 Å². The Bertz CT molecular complexity index is 442. The molecular formula is C10H15BrO4S. The SMILES string of the molecule is CC1(C)[C@H]2CC[C@]1(CS(=O)(=O)O)C(=O)[C@H]2Br. The van der Waals surface area contributed by atoms with Crippen molar-refractivity contribution < 1.29 is 17.8 Å². The summed E-state index contributed by atoms with van der Waals surface area (Å²) < 4.78 is 31.2. The summed E-state index contributed by atoms with van der Waals surface area (Å²) in [6, 6.07) is 0. The predicted molar refractivity (Wildman–Crippen MR) is 63.1 cm³/mol. The highest BCUT2D eigenvalue weighted by molar-refractivity contribution is 9.10. The average molecular weight is 311 g/mol. The molecule has 1 N–H and O–H groups in total. The highest BCUT2D eigenvalue weighted by Crippen LogP contribution is 2.65. The minimum atomic E-state index is -4.12. The van der Waals surface area contributed by atoms with Crippen molar-refractivity contribution in [3.63, 3.8) is 0 Å². The number of alkyl halides is 1. The Kier molecular flexibility index (Phi) is 2.58. The van der Waals surface area contributed by atoms with E-state index in [0.717, 1.165) is 6.42 Å². The summed E-state index contributed by atoms with van der Waals surface area (Å²) in [6.07, 6.45) is 1.40. The second-order valence-corrected chi connectivity index (χ2v) is 7.88. The van der Waals surface area contributed by atoms with Crippen molar-refractivity contribution >= 4 is 31.8 Å². The molecule has 0 aromatic carbocycles. The van der Waals surface area contributed by atoms with Crippen molar-refractivity contribution in [2.24, 2.45) is 16.7 Å². The van der Waals surface area contributed by atoms with Crippen molar-refractivity contribution in [1.29, 1.82) is 0 Å². The smallest absolute Gasteiger partial charge is 0.265 e. The van der Waals surface area contributed by atoms with Gasteiger partial charge >= 0.3 is 0 Å². The first kappa shape index (κ1) is 12.5. The largest absolute Gasteiger partial charge is 0.298 e. The van der Waals surface area contributed by atoms with Gasteiger partial charge in [0, 0.05) is 0 Å². The molecular weight excluding hydrogens is 296 g/mol. The van der Waals surface area contributed by atoms with E-state index in [1.807, 2.05) is 13.8 Å². The van der Waals surface area contributed by atoms with Gasteiger partial charge in [0.1, 0.15) is 0 Å². The lowest BCUT2D eigenvalue weighted by atomic mass is 9.70. The Balaban J connectivity index is 2.50. The minimum absolute atomic E-state index is 0.0635. The van der Waals surface area contributed by atoms with Crippen molar-refractivity contribution in [2.75, 3.05) is 5.75 Å². The van der Waals surface area contributed by atoms with Gasteiger partial charge < -0.3 is 0 Å². The first-order chi connectivity index (χ1) is 7.12. The number of carbonyl (C=O) groups is 1. The number of rotatable bonds is 2. The second kappa shape index (κ2) is 3.29. The first-order valence-corrected chi connectivity index (χ1v) is 7.78. The maximum atomic E-state index is 12.2. The van der Waals surface area contributed by atoms with Crippen LogP contribution in [0.3, 0.4) is 0 Å². The van der Waals surface area contributed by atoms with Gasteiger partial charge in [0.25, 0.3) is 10.1 Å². The molecule has 2 rings (SSSR count). The molecule has 0 aromatic heterocycles. The standard InChI is InChI=1S/C10H15BrO4S/c1-9(2)6-3-4-10(9,5-16(13,14)15)8(12)7(6)11/h6-7H,3-5H2,1-2H3,(H,13,14,15)/t6-,7-,10-/m0/s1. The number of carbonyl (C=O) groups excluding carboxylic acids is 1. The molecule has 4 nitrogen and oxygen atoms in total. The van der Waals surface area contributed by atoms with Crippen LogP contribution in [0.5, 0.6) is 0 Å². The van der Waals surface area contributed by atoms with Gasteiger partial charge in [-0.2, -0.15) is 8.42 Å². The fraction of sp³-hybridized carbons (Fsp3) is 0.900. The van der Waals surface area contributed by atoms with Crippen LogP contribution in [0.4, 0.5) is 0 Å². The Labute approximate surface area is 104 Å². The van der Waals surface area contributed by atoms with E-state index in [4.69, 9.17) is 4.55 Å². The third-order valence-electron chi connectivity index (χ3n) is 4.55. The van der Waals surface area contributed by atoms with Gasteiger partial charge in [0.15, 0.2) is 5.78 Å². The third-order valence-corrected chi connectivity index (χ3v) is 6.46. The summed E-state index contributed by atoms with van der Waals surface area (Å²) in [7, 11) is -4.12. The Morgan fingerprint density at radius 2 is 2.06 bits per heavy atom. The Morgan fingerprint density at radius 3 is 2.44 bits per heavy atom. The van der Waals surface area contributed by atoms with Crippen molar-refractivity contribution in [3.8, 4) is 0 Å². The fourth-order valence-electron chi connectivity index (χ4n) is 3.48. The van der Waals surface area contributed by atoms with E-state index in [2.05, 4.69) is 15.9 Å². The molecule has 0 unspecified atom stereocenters. The third kappa shape index (κ3) is 1.42. The van der Waals surface area contributed by atoms with Gasteiger partial charge in [-0.3, -0.25) is 9.35 Å². The molecule has 6 heteroatoms. The highest BCUT2D eigenvalue weighted by atomic mass is 79.9. The zero-order chi connectivity index (χ0) is 12.4. The lowest BCUT2D eigenvalue weighted by Crippen LogP contribution is -2.43. The van der Waals surface area contributed by atoms with E-state index in [1.54, 1.807) is 0 Å². The molecule has 92 valence electrons. The molecule has 16 heavy (non-hydrogen) atoms. The number of ketones is 1. The molecule has 3 atom stereocenters. The van der Waals surface area contributed by atoms with Crippen LogP contribution >= 0.6 is 15.9 Å². The molecule has 2 aliphatic rings. The second-order valence-electron chi connectivity index (χ2n) is 5.44. The molecule has 2 saturated carbocycles. The summed E-state index contributed by atoms with van der Waals surface area (Å²) in [5.74, 6) is -0.335. The topological polar surface area (TPSA) is 71.4 Å². The molecule has 0 aromatic rings. The number of fused-ring (bicyclic) bond motifs is 2. The molecule has 0 radical (unpaired) electrons. The first-order valence-electron chi connectivity index (χ1n) is 5.25. The molecule has 2 fully saturated rings. The van der Waals surface area contributed by atoms with Crippen LogP contribution in [-0.4, -0.2) is 29.3 Å². The molecule has 2 bridgehead atoms. The van der Waals surface area contributed by atoms with Crippen molar-refractivity contribution in [3.05, 3.63) is 0 Å². The number of halogens is 1. The van der Waals surface area contributed by atoms with Gasteiger partial charge in [-0.15, -0.1) is 0 Å². The molecule has 0 spiro atoms. The van der Waals surface area contributed by atoms with Crippen LogP contribution in [0.1, 0.15) is 26.7 Å². The fourth-order valence-corrected chi connectivity index (χ4v) is 6.12. The summed E-state index contributed by atoms with van der Waals surface area (Å²) in [5, 5.41) is 0. The predicted octanol–water partition coefficient (Wildman–Crippen LogP) is 1.64. The van der Waals surface area contributed by atoms with Crippen LogP contribution < -0.4 is 0 Å². The number of hydrogen-bond donors (Lipinski definition) is 1. The normalized spacial score (nSPS) is 41.6. The van der Waals surface area contributed by atoms with Crippen molar-refractivity contribution in [1.82, 2.24) is 0 Å². The summed E-state index contributed by atoms with van der Waals surface area (Å²) in [6.45, 7) is 3.85. The maximum absolute atomic E-state index is 12.2. The van der Waals surface area contributed by atoms with Crippen LogP contribution in [0, 0.1) is 16.7 Å². The van der Waals surface area contributed by atoms with Gasteiger partial charge in [0.2, 0.25) is 0 Å². The highest BCUT2D eigenvalue weighted by Gasteiger charge is 2.69. The average Bonchev–Trinajstić information content (AvgIpc) is 2.39.